The Bertz CT molecular complexity index is 893. The zero-order valence-electron chi connectivity index (χ0n) is 18.5. The van der Waals surface area contributed by atoms with Gasteiger partial charge >= 0.3 is 5.97 Å². The molecule has 0 saturated carbocycles. The van der Waals surface area contributed by atoms with Crippen molar-refractivity contribution in [3.63, 3.8) is 0 Å². The highest BCUT2D eigenvalue weighted by molar-refractivity contribution is 5.93. The molecule has 1 rings (SSSR count). The average molecular weight is 479 g/mol. The third kappa shape index (κ3) is 11.0. The van der Waals surface area contributed by atoms with Crippen LogP contribution < -0.4 is 33.2 Å². The maximum Gasteiger partial charge on any atom is 0.326 e. The molecule has 0 aliphatic rings. The zero-order valence-corrected chi connectivity index (χ0v) is 18.5. The number of amides is 5. The first-order valence-electron chi connectivity index (χ1n) is 10.5. The van der Waals surface area contributed by atoms with Crippen LogP contribution in [0.4, 0.5) is 0 Å². The number of carboxylic acid groups (broad SMARTS) is 1. The van der Waals surface area contributed by atoms with E-state index in [-0.39, 0.29) is 32.1 Å². The predicted molar refractivity (Wildman–Crippen MR) is 119 cm³/mol. The highest BCUT2D eigenvalue weighted by Crippen LogP contribution is 2.05. The van der Waals surface area contributed by atoms with E-state index in [9.17, 15) is 33.9 Å². The van der Waals surface area contributed by atoms with Crippen LogP contribution in [0.15, 0.2) is 30.3 Å². The predicted octanol–water partition coefficient (Wildman–Crippen LogP) is -2.74. The molecule has 0 bridgehead atoms. The molecule has 13 nitrogen and oxygen atoms in total. The number of rotatable bonds is 15. The first-order chi connectivity index (χ1) is 16.0. The van der Waals surface area contributed by atoms with Crippen molar-refractivity contribution in [2.24, 2.45) is 17.2 Å². The summed E-state index contributed by atoms with van der Waals surface area (Å²) < 4.78 is 0. The number of primary amides is 2. The number of aliphatic carboxylic acids is 1. The summed E-state index contributed by atoms with van der Waals surface area (Å²) in [6.45, 7) is -0.546. The van der Waals surface area contributed by atoms with Crippen molar-refractivity contribution in [2.75, 3.05) is 6.54 Å². The number of benzene rings is 1. The molecule has 0 aliphatic carbocycles. The highest BCUT2D eigenvalue weighted by Gasteiger charge is 2.27. The smallest absolute Gasteiger partial charge is 0.326 e. The van der Waals surface area contributed by atoms with Crippen LogP contribution in [-0.4, -0.2) is 65.3 Å². The minimum atomic E-state index is -1.29. The van der Waals surface area contributed by atoms with E-state index in [1.54, 1.807) is 30.3 Å². The Morgan fingerprint density at radius 3 is 1.97 bits per heavy atom. The van der Waals surface area contributed by atoms with Crippen LogP contribution in [0.1, 0.15) is 31.2 Å². The summed E-state index contributed by atoms with van der Waals surface area (Å²) in [5, 5.41) is 16.4. The van der Waals surface area contributed by atoms with Crippen molar-refractivity contribution >= 4 is 35.5 Å². The van der Waals surface area contributed by atoms with Gasteiger partial charge in [-0.05, 0) is 18.4 Å². The number of carbonyl (C=O) groups is 6. The number of nitrogens with two attached hydrogens (primary N) is 3. The molecule has 0 saturated heterocycles. The van der Waals surface area contributed by atoms with Gasteiger partial charge in [0, 0.05) is 19.3 Å². The number of carboxylic acids is 1. The van der Waals surface area contributed by atoms with Gasteiger partial charge in [0.15, 0.2) is 0 Å². The molecule has 1 aromatic rings. The first-order valence-corrected chi connectivity index (χ1v) is 10.5. The van der Waals surface area contributed by atoms with Crippen LogP contribution in [0.3, 0.4) is 0 Å². The van der Waals surface area contributed by atoms with E-state index in [0.717, 1.165) is 0 Å². The molecule has 186 valence electrons. The molecular weight excluding hydrogens is 448 g/mol. The van der Waals surface area contributed by atoms with Crippen molar-refractivity contribution in [3.05, 3.63) is 35.9 Å². The van der Waals surface area contributed by atoms with Gasteiger partial charge in [0.1, 0.15) is 12.1 Å². The molecule has 0 radical (unpaired) electrons. The van der Waals surface area contributed by atoms with Crippen LogP contribution in [0.2, 0.25) is 0 Å². The van der Waals surface area contributed by atoms with Gasteiger partial charge in [0.2, 0.25) is 29.5 Å². The Morgan fingerprint density at radius 1 is 0.824 bits per heavy atom. The van der Waals surface area contributed by atoms with Crippen molar-refractivity contribution < 1.29 is 33.9 Å². The summed E-state index contributed by atoms with van der Waals surface area (Å²) in [6, 6.07) is 4.97. The van der Waals surface area contributed by atoms with Gasteiger partial charge in [-0.25, -0.2) is 4.79 Å². The molecule has 0 aromatic heterocycles. The quantitative estimate of drug-likeness (QED) is 0.139. The lowest BCUT2D eigenvalue weighted by Gasteiger charge is -2.21. The highest BCUT2D eigenvalue weighted by atomic mass is 16.4. The number of hydrogen-bond acceptors (Lipinski definition) is 7. The van der Waals surface area contributed by atoms with Crippen LogP contribution in [0.5, 0.6) is 0 Å². The van der Waals surface area contributed by atoms with Crippen LogP contribution in [0, 0.1) is 0 Å². The van der Waals surface area contributed by atoms with Gasteiger partial charge in [-0.2, -0.15) is 0 Å². The Hall–Kier alpha value is -4.00. The molecule has 3 unspecified atom stereocenters. The molecular formula is C21H30N6O7. The van der Waals surface area contributed by atoms with E-state index in [0.29, 0.717) is 5.56 Å². The molecule has 0 spiro atoms. The zero-order chi connectivity index (χ0) is 25.7. The minimum Gasteiger partial charge on any atom is -0.480 e. The summed E-state index contributed by atoms with van der Waals surface area (Å²) in [6.07, 6.45) is -0.554. The van der Waals surface area contributed by atoms with Gasteiger partial charge < -0.3 is 38.3 Å². The van der Waals surface area contributed by atoms with Crippen molar-refractivity contribution in [1.82, 2.24) is 16.0 Å². The third-order valence-corrected chi connectivity index (χ3v) is 4.69. The maximum absolute atomic E-state index is 12.7. The molecule has 3 atom stereocenters. The SMILES string of the molecule is NC(=O)CCC(N)C(=O)NCC(=O)NC(CCC(N)=O)C(=O)NC(Cc1ccccc1)C(=O)O. The molecule has 34 heavy (non-hydrogen) atoms. The number of carbonyl (C=O) groups excluding carboxylic acids is 5. The lowest BCUT2D eigenvalue weighted by atomic mass is 10.0. The monoisotopic (exact) mass is 478 g/mol. The van der Waals surface area contributed by atoms with Crippen molar-refractivity contribution in [3.8, 4) is 0 Å². The number of hydrogen-bond donors (Lipinski definition) is 7. The van der Waals surface area contributed by atoms with Gasteiger partial charge in [-0.15, -0.1) is 0 Å². The Labute approximate surface area is 195 Å². The lowest BCUT2D eigenvalue weighted by Crippen LogP contribution is -2.54. The van der Waals surface area contributed by atoms with Gasteiger partial charge in [0.25, 0.3) is 0 Å². The van der Waals surface area contributed by atoms with Crippen molar-refractivity contribution in [2.45, 2.75) is 50.2 Å². The molecule has 1 aromatic carbocycles. The second-order valence-corrected chi connectivity index (χ2v) is 7.54. The van der Waals surface area contributed by atoms with E-state index < -0.39 is 60.2 Å². The normalized spacial score (nSPS) is 13.1. The molecule has 0 aliphatic heterocycles. The standard InChI is InChI=1S/C21H30N6O7/c22-13(6-8-16(23)28)19(31)25-11-18(30)26-14(7-9-17(24)29)20(32)27-15(21(33)34)10-12-4-2-1-3-5-12/h1-5,13-15H,6-11,22H2,(H2,23,28)(H2,24,29)(H,25,31)(H,26,30)(H,27,32)(H,33,34). The summed E-state index contributed by atoms with van der Waals surface area (Å²) in [4.78, 5) is 70.4. The second-order valence-electron chi connectivity index (χ2n) is 7.54. The average Bonchev–Trinajstić information content (AvgIpc) is 2.78. The summed E-state index contributed by atoms with van der Waals surface area (Å²) in [5.74, 6) is -4.95. The summed E-state index contributed by atoms with van der Waals surface area (Å²) in [5.41, 5.74) is 16.4. The Kier molecular flexibility index (Phi) is 11.7. The van der Waals surface area contributed by atoms with E-state index >= 15 is 0 Å². The number of nitrogens with one attached hydrogen (secondary N) is 3. The van der Waals surface area contributed by atoms with E-state index in [1.807, 2.05) is 0 Å². The topological polar surface area (TPSA) is 237 Å². The minimum absolute atomic E-state index is 0.00233. The van der Waals surface area contributed by atoms with Crippen molar-refractivity contribution in [1.29, 1.82) is 0 Å². The fourth-order valence-electron chi connectivity index (χ4n) is 2.85. The van der Waals surface area contributed by atoms with Crippen LogP contribution in [-0.2, 0) is 35.2 Å². The van der Waals surface area contributed by atoms with Gasteiger partial charge in [0.05, 0.1) is 12.6 Å². The molecule has 0 heterocycles. The molecule has 10 N–H and O–H groups in total. The molecule has 5 amide bonds. The first kappa shape index (κ1) is 28.0. The largest absolute Gasteiger partial charge is 0.480 e. The van der Waals surface area contributed by atoms with Gasteiger partial charge in [-0.1, -0.05) is 30.3 Å². The second kappa shape index (κ2) is 14.2. The van der Waals surface area contributed by atoms with Gasteiger partial charge in [-0.3, -0.25) is 24.0 Å². The third-order valence-electron chi connectivity index (χ3n) is 4.69. The van der Waals surface area contributed by atoms with E-state index in [2.05, 4.69) is 16.0 Å². The van der Waals surface area contributed by atoms with Crippen LogP contribution >= 0.6 is 0 Å². The van der Waals surface area contributed by atoms with Crippen LogP contribution in [0.25, 0.3) is 0 Å². The van der Waals surface area contributed by atoms with E-state index in [1.165, 1.54) is 0 Å². The van der Waals surface area contributed by atoms with E-state index in [4.69, 9.17) is 17.2 Å². The summed E-state index contributed by atoms with van der Waals surface area (Å²) >= 11 is 0. The molecule has 13 heteroatoms. The maximum atomic E-state index is 12.7. The Balaban J connectivity index is 2.74. The summed E-state index contributed by atoms with van der Waals surface area (Å²) in [7, 11) is 0. The Morgan fingerprint density at radius 2 is 1.41 bits per heavy atom. The molecule has 0 fully saturated rings. The fourth-order valence-corrected chi connectivity index (χ4v) is 2.85. The lowest BCUT2D eigenvalue weighted by molar-refractivity contribution is -0.142. The fraction of sp³-hybridized carbons (Fsp3) is 0.429.